The van der Waals surface area contributed by atoms with Crippen LogP contribution in [0, 0.1) is 5.92 Å². The highest BCUT2D eigenvalue weighted by Gasteiger charge is 2.34. The number of ketones is 1. The van der Waals surface area contributed by atoms with Crippen molar-refractivity contribution in [2.24, 2.45) is 5.92 Å². The first-order valence-corrected chi connectivity index (χ1v) is 7.44. The molecular weight excluding hydrogens is 292 g/mol. The SMILES string of the molecule is O=C(c1cccc(Br)n1)C1CCN(C2CC2)CC1. The number of Topliss-reactive ketones (excluding diaryl/α,β-unsaturated/α-hetero) is 1. The molecule has 0 aromatic carbocycles. The molecule has 1 saturated heterocycles. The quantitative estimate of drug-likeness (QED) is 0.636. The molecule has 1 aromatic rings. The Hall–Kier alpha value is -0.740. The molecule has 2 aliphatic rings. The molecular formula is C14H17BrN2O. The van der Waals surface area contributed by atoms with Crippen LogP contribution in [0.1, 0.15) is 36.2 Å². The molecule has 0 radical (unpaired) electrons. The molecule has 18 heavy (non-hydrogen) atoms. The van der Waals surface area contributed by atoms with Crippen molar-refractivity contribution in [2.45, 2.75) is 31.7 Å². The maximum Gasteiger partial charge on any atom is 0.184 e. The minimum Gasteiger partial charge on any atom is -0.300 e. The molecule has 96 valence electrons. The molecule has 1 saturated carbocycles. The topological polar surface area (TPSA) is 33.2 Å². The predicted molar refractivity (Wildman–Crippen MR) is 73.6 cm³/mol. The fraction of sp³-hybridized carbons (Fsp3) is 0.571. The third-order valence-corrected chi connectivity index (χ3v) is 4.37. The maximum absolute atomic E-state index is 12.3. The van der Waals surface area contributed by atoms with E-state index in [1.54, 1.807) is 0 Å². The van der Waals surface area contributed by atoms with Crippen molar-refractivity contribution in [1.82, 2.24) is 9.88 Å². The number of rotatable bonds is 3. The summed E-state index contributed by atoms with van der Waals surface area (Å²) in [6.07, 6.45) is 4.69. The Balaban J connectivity index is 1.63. The number of likely N-dealkylation sites (tertiary alicyclic amines) is 1. The van der Waals surface area contributed by atoms with Crippen LogP contribution in [-0.2, 0) is 0 Å². The summed E-state index contributed by atoms with van der Waals surface area (Å²) in [4.78, 5) is 19.2. The molecule has 2 fully saturated rings. The fourth-order valence-corrected chi connectivity index (χ4v) is 3.06. The Morgan fingerprint density at radius 2 is 1.94 bits per heavy atom. The summed E-state index contributed by atoms with van der Waals surface area (Å²) in [5.74, 6) is 0.383. The molecule has 3 rings (SSSR count). The largest absolute Gasteiger partial charge is 0.300 e. The zero-order chi connectivity index (χ0) is 12.5. The van der Waals surface area contributed by atoms with Crippen molar-refractivity contribution in [3.8, 4) is 0 Å². The first kappa shape index (κ1) is 12.3. The molecule has 0 unspecified atom stereocenters. The van der Waals surface area contributed by atoms with Crippen LogP contribution in [0.25, 0.3) is 0 Å². The lowest BCUT2D eigenvalue weighted by molar-refractivity contribution is 0.0828. The van der Waals surface area contributed by atoms with E-state index in [0.717, 1.165) is 36.6 Å². The van der Waals surface area contributed by atoms with Crippen LogP contribution >= 0.6 is 15.9 Å². The summed E-state index contributed by atoms with van der Waals surface area (Å²) in [7, 11) is 0. The van der Waals surface area contributed by atoms with Gasteiger partial charge in [-0.05, 0) is 66.8 Å². The number of piperidine rings is 1. The Bertz CT molecular complexity index is 451. The van der Waals surface area contributed by atoms with E-state index in [1.807, 2.05) is 18.2 Å². The van der Waals surface area contributed by atoms with Crippen LogP contribution in [0.4, 0.5) is 0 Å². The van der Waals surface area contributed by atoms with Gasteiger partial charge in [0.2, 0.25) is 0 Å². The van der Waals surface area contributed by atoms with Gasteiger partial charge in [0.05, 0.1) is 0 Å². The molecule has 0 N–H and O–H groups in total. The lowest BCUT2D eigenvalue weighted by Crippen LogP contribution is -2.37. The van der Waals surface area contributed by atoms with Gasteiger partial charge in [-0.1, -0.05) is 6.07 Å². The Kier molecular flexibility index (Phi) is 3.48. The van der Waals surface area contributed by atoms with Crippen LogP contribution in [-0.4, -0.2) is 34.8 Å². The van der Waals surface area contributed by atoms with E-state index in [4.69, 9.17) is 0 Å². The normalized spacial score (nSPS) is 22.1. The summed E-state index contributed by atoms with van der Waals surface area (Å²) in [6, 6.07) is 6.38. The van der Waals surface area contributed by atoms with Gasteiger partial charge >= 0.3 is 0 Å². The highest BCUT2D eigenvalue weighted by Crippen LogP contribution is 2.31. The number of carbonyl (C=O) groups excluding carboxylic acids is 1. The number of hydrogen-bond acceptors (Lipinski definition) is 3. The number of aromatic nitrogens is 1. The molecule has 0 spiro atoms. The zero-order valence-corrected chi connectivity index (χ0v) is 11.9. The van der Waals surface area contributed by atoms with Crippen molar-refractivity contribution in [3.63, 3.8) is 0 Å². The van der Waals surface area contributed by atoms with Crippen molar-refractivity contribution in [2.75, 3.05) is 13.1 Å². The Morgan fingerprint density at radius 3 is 2.56 bits per heavy atom. The molecule has 3 nitrogen and oxygen atoms in total. The number of hydrogen-bond donors (Lipinski definition) is 0. The minimum absolute atomic E-state index is 0.168. The highest BCUT2D eigenvalue weighted by atomic mass is 79.9. The van der Waals surface area contributed by atoms with Crippen molar-refractivity contribution >= 4 is 21.7 Å². The molecule has 0 amide bonds. The second kappa shape index (κ2) is 5.10. The van der Waals surface area contributed by atoms with Crippen molar-refractivity contribution < 1.29 is 4.79 Å². The van der Waals surface area contributed by atoms with Gasteiger partial charge in [-0.2, -0.15) is 0 Å². The van der Waals surface area contributed by atoms with E-state index in [9.17, 15) is 4.79 Å². The average molecular weight is 309 g/mol. The standard InChI is InChI=1S/C14H17BrN2O/c15-13-3-1-2-12(16-13)14(18)10-6-8-17(9-7-10)11-4-5-11/h1-3,10-11H,4-9H2. The molecule has 1 aliphatic carbocycles. The van der Waals surface area contributed by atoms with Gasteiger partial charge in [-0.25, -0.2) is 4.98 Å². The van der Waals surface area contributed by atoms with E-state index in [0.29, 0.717) is 5.69 Å². The summed E-state index contributed by atoms with van der Waals surface area (Å²) < 4.78 is 0.740. The number of pyridine rings is 1. The van der Waals surface area contributed by atoms with Crippen LogP contribution in [0.5, 0.6) is 0 Å². The number of nitrogens with zero attached hydrogens (tertiary/aromatic N) is 2. The third-order valence-electron chi connectivity index (χ3n) is 3.93. The van der Waals surface area contributed by atoms with Crippen LogP contribution in [0.2, 0.25) is 0 Å². The van der Waals surface area contributed by atoms with E-state index in [2.05, 4.69) is 25.8 Å². The van der Waals surface area contributed by atoms with Crippen LogP contribution < -0.4 is 0 Å². The van der Waals surface area contributed by atoms with Crippen molar-refractivity contribution in [3.05, 3.63) is 28.5 Å². The average Bonchev–Trinajstić information content (AvgIpc) is 3.22. The van der Waals surface area contributed by atoms with Crippen LogP contribution in [0.15, 0.2) is 22.8 Å². The second-order valence-electron chi connectivity index (χ2n) is 5.25. The first-order valence-electron chi connectivity index (χ1n) is 6.65. The van der Waals surface area contributed by atoms with Gasteiger partial charge in [0.1, 0.15) is 10.3 Å². The van der Waals surface area contributed by atoms with Gasteiger partial charge in [0.25, 0.3) is 0 Å². The first-order chi connectivity index (χ1) is 8.74. The van der Waals surface area contributed by atoms with Crippen molar-refractivity contribution in [1.29, 1.82) is 0 Å². The molecule has 0 bridgehead atoms. The van der Waals surface area contributed by atoms with Gasteiger partial charge in [0, 0.05) is 12.0 Å². The Morgan fingerprint density at radius 1 is 1.22 bits per heavy atom. The smallest absolute Gasteiger partial charge is 0.184 e. The zero-order valence-electron chi connectivity index (χ0n) is 10.3. The molecule has 1 aliphatic heterocycles. The second-order valence-corrected chi connectivity index (χ2v) is 6.06. The van der Waals surface area contributed by atoms with Gasteiger partial charge < -0.3 is 4.90 Å². The molecule has 1 aromatic heterocycles. The van der Waals surface area contributed by atoms with Crippen LogP contribution in [0.3, 0.4) is 0 Å². The molecule has 0 atom stereocenters. The lowest BCUT2D eigenvalue weighted by atomic mass is 9.90. The summed E-state index contributed by atoms with van der Waals surface area (Å²) in [6.45, 7) is 2.16. The molecule has 2 heterocycles. The van der Waals surface area contributed by atoms with Gasteiger partial charge in [-0.15, -0.1) is 0 Å². The van der Waals surface area contributed by atoms with E-state index in [-0.39, 0.29) is 11.7 Å². The minimum atomic E-state index is 0.168. The fourth-order valence-electron chi connectivity index (χ4n) is 2.72. The number of carbonyl (C=O) groups is 1. The molecule has 4 heteroatoms. The maximum atomic E-state index is 12.3. The Labute approximate surface area is 116 Å². The predicted octanol–water partition coefficient (Wildman–Crippen LogP) is 2.90. The highest BCUT2D eigenvalue weighted by molar-refractivity contribution is 9.10. The van der Waals surface area contributed by atoms with E-state index >= 15 is 0 Å². The summed E-state index contributed by atoms with van der Waals surface area (Å²) >= 11 is 3.32. The van der Waals surface area contributed by atoms with Gasteiger partial charge in [-0.3, -0.25) is 4.79 Å². The number of halogens is 1. The third kappa shape index (κ3) is 2.64. The van der Waals surface area contributed by atoms with E-state index in [1.165, 1.54) is 12.8 Å². The summed E-state index contributed by atoms with van der Waals surface area (Å²) in [5.41, 5.74) is 0.606. The van der Waals surface area contributed by atoms with E-state index < -0.39 is 0 Å². The lowest BCUT2D eigenvalue weighted by Gasteiger charge is -2.31. The van der Waals surface area contributed by atoms with Gasteiger partial charge in [0.15, 0.2) is 5.78 Å². The summed E-state index contributed by atoms with van der Waals surface area (Å²) in [5, 5.41) is 0. The monoisotopic (exact) mass is 308 g/mol.